The number of methoxy groups -OCH3 is 1. The van der Waals surface area contributed by atoms with Crippen LogP contribution in [0.15, 0.2) is 23.1 Å². The highest BCUT2D eigenvalue weighted by atomic mass is 32.2. The summed E-state index contributed by atoms with van der Waals surface area (Å²) in [5.41, 5.74) is 0.228. The van der Waals surface area contributed by atoms with E-state index in [1.807, 2.05) is 0 Å². The first-order chi connectivity index (χ1) is 8.25. The van der Waals surface area contributed by atoms with Crippen molar-refractivity contribution < 1.29 is 17.9 Å². The van der Waals surface area contributed by atoms with Crippen LogP contribution in [0.25, 0.3) is 0 Å². The molecule has 1 aromatic carbocycles. The Bertz CT molecular complexity index is 605. The van der Waals surface area contributed by atoms with Gasteiger partial charge in [-0.3, -0.25) is 0 Å². The fourth-order valence-corrected chi connectivity index (χ4v) is 4.00. The molecule has 0 spiro atoms. The molecule has 0 saturated carbocycles. The Hall–Kier alpha value is -1.56. The van der Waals surface area contributed by atoms with Gasteiger partial charge in [0.2, 0.25) is 0 Å². The third-order valence-electron chi connectivity index (χ3n) is 2.76. The third-order valence-corrected chi connectivity index (χ3v) is 4.89. The Balaban J connectivity index is 2.57. The van der Waals surface area contributed by atoms with Gasteiger partial charge >= 0.3 is 5.97 Å². The van der Waals surface area contributed by atoms with Gasteiger partial charge < -0.3 is 10.1 Å². The van der Waals surface area contributed by atoms with E-state index in [9.17, 15) is 13.2 Å². The Labute approximate surface area is 106 Å². The van der Waals surface area contributed by atoms with E-state index in [4.69, 9.17) is 0 Å². The van der Waals surface area contributed by atoms with E-state index in [0.29, 0.717) is 11.3 Å². The minimum atomic E-state index is -3.31. The number of ether oxygens (including phenoxy) is 1. The number of rotatable bonds is 1. The normalized spacial score (nSPS) is 19.5. The second kappa shape index (κ2) is 3.98. The lowest BCUT2D eigenvalue weighted by Crippen LogP contribution is -2.42. The molecular weight excluding hydrogens is 254 g/mol. The summed E-state index contributed by atoms with van der Waals surface area (Å²) in [4.78, 5) is 11.7. The van der Waals surface area contributed by atoms with Crippen LogP contribution in [0.2, 0.25) is 0 Å². The number of hydrogen-bond acceptors (Lipinski definition) is 5. The number of esters is 1. The van der Waals surface area contributed by atoms with Crippen molar-refractivity contribution in [3.05, 3.63) is 23.8 Å². The van der Waals surface area contributed by atoms with Crippen LogP contribution in [-0.2, 0) is 14.6 Å². The zero-order valence-corrected chi connectivity index (χ0v) is 11.3. The van der Waals surface area contributed by atoms with Gasteiger partial charge in [0, 0.05) is 5.54 Å². The van der Waals surface area contributed by atoms with E-state index in [2.05, 4.69) is 10.1 Å². The van der Waals surface area contributed by atoms with Crippen molar-refractivity contribution in [2.24, 2.45) is 0 Å². The van der Waals surface area contributed by atoms with Crippen LogP contribution in [0.4, 0.5) is 5.69 Å². The molecule has 0 aromatic heterocycles. The summed E-state index contributed by atoms with van der Waals surface area (Å²) >= 11 is 0. The molecule has 0 saturated heterocycles. The SMILES string of the molecule is COC(=O)c1ccc2c(c1)NC(C)(C)CS2(=O)=O. The standard InChI is InChI=1S/C12H15NO4S/c1-12(2)7-18(15,16)10-5-4-8(11(14)17-3)6-9(10)13-12/h4-6,13H,7H2,1-3H3. The van der Waals surface area contributed by atoms with Crippen molar-refractivity contribution in [3.63, 3.8) is 0 Å². The van der Waals surface area contributed by atoms with Gasteiger partial charge in [-0.05, 0) is 32.0 Å². The summed E-state index contributed by atoms with van der Waals surface area (Å²) in [6.45, 7) is 3.61. The predicted octanol–water partition coefficient (Wildman–Crippen LogP) is 1.45. The van der Waals surface area contributed by atoms with Crippen molar-refractivity contribution in [1.82, 2.24) is 0 Å². The van der Waals surface area contributed by atoms with Gasteiger partial charge in [0.05, 0.1) is 29.0 Å². The molecule has 1 aliphatic rings. The van der Waals surface area contributed by atoms with E-state index < -0.39 is 21.3 Å². The quantitative estimate of drug-likeness (QED) is 0.781. The largest absolute Gasteiger partial charge is 0.465 e. The highest BCUT2D eigenvalue weighted by Gasteiger charge is 2.35. The summed E-state index contributed by atoms with van der Waals surface area (Å²) in [5, 5.41) is 3.12. The first-order valence-corrected chi connectivity index (χ1v) is 7.14. The fraction of sp³-hybridized carbons (Fsp3) is 0.417. The zero-order chi connectivity index (χ0) is 13.6. The van der Waals surface area contributed by atoms with Crippen molar-refractivity contribution in [1.29, 1.82) is 0 Å². The molecule has 0 bridgehead atoms. The molecule has 98 valence electrons. The summed E-state index contributed by atoms with van der Waals surface area (Å²) in [6, 6.07) is 4.42. The molecule has 0 aliphatic carbocycles. The summed E-state index contributed by atoms with van der Waals surface area (Å²) in [6.07, 6.45) is 0. The van der Waals surface area contributed by atoms with Gasteiger partial charge in [0.15, 0.2) is 9.84 Å². The van der Waals surface area contributed by atoms with E-state index in [-0.39, 0.29) is 10.6 Å². The average Bonchev–Trinajstić information content (AvgIpc) is 2.24. The van der Waals surface area contributed by atoms with E-state index in [0.717, 1.165) is 0 Å². The van der Waals surface area contributed by atoms with Crippen LogP contribution in [0, 0.1) is 0 Å². The molecule has 1 heterocycles. The smallest absolute Gasteiger partial charge is 0.337 e. The summed E-state index contributed by atoms with van der Waals surface area (Å²) < 4.78 is 28.8. The molecule has 1 aromatic rings. The molecule has 0 radical (unpaired) electrons. The van der Waals surface area contributed by atoms with Gasteiger partial charge in [-0.15, -0.1) is 0 Å². The molecular formula is C12H15NO4S. The van der Waals surface area contributed by atoms with Crippen LogP contribution in [0.5, 0.6) is 0 Å². The van der Waals surface area contributed by atoms with Gasteiger partial charge in [-0.1, -0.05) is 0 Å². The van der Waals surface area contributed by atoms with Crippen molar-refractivity contribution in [2.45, 2.75) is 24.3 Å². The molecule has 1 N–H and O–H groups in total. The van der Waals surface area contributed by atoms with Crippen LogP contribution in [-0.4, -0.2) is 32.8 Å². The summed E-state index contributed by atoms with van der Waals surface area (Å²) in [7, 11) is -2.03. The molecule has 0 amide bonds. The number of hydrogen-bond donors (Lipinski definition) is 1. The maximum atomic E-state index is 12.1. The number of benzene rings is 1. The minimum Gasteiger partial charge on any atom is -0.465 e. The number of nitrogens with one attached hydrogen (secondary N) is 1. The van der Waals surface area contributed by atoms with Crippen LogP contribution in [0.3, 0.4) is 0 Å². The zero-order valence-electron chi connectivity index (χ0n) is 10.5. The third kappa shape index (κ3) is 2.20. The summed E-state index contributed by atoms with van der Waals surface area (Å²) in [5.74, 6) is -0.453. The molecule has 2 rings (SSSR count). The molecule has 0 fully saturated rings. The Morgan fingerprint density at radius 1 is 1.39 bits per heavy atom. The lowest BCUT2D eigenvalue weighted by molar-refractivity contribution is 0.0600. The van der Waals surface area contributed by atoms with Crippen molar-refractivity contribution >= 4 is 21.5 Å². The van der Waals surface area contributed by atoms with Crippen LogP contribution in [0.1, 0.15) is 24.2 Å². The lowest BCUT2D eigenvalue weighted by atomic mass is 10.1. The molecule has 1 aliphatic heterocycles. The molecule has 6 heteroatoms. The first-order valence-electron chi connectivity index (χ1n) is 5.48. The topological polar surface area (TPSA) is 72.5 Å². The van der Waals surface area contributed by atoms with Gasteiger partial charge in [-0.2, -0.15) is 0 Å². The lowest BCUT2D eigenvalue weighted by Gasteiger charge is -2.33. The highest BCUT2D eigenvalue weighted by Crippen LogP contribution is 2.33. The maximum Gasteiger partial charge on any atom is 0.337 e. The van der Waals surface area contributed by atoms with Crippen LogP contribution >= 0.6 is 0 Å². The van der Waals surface area contributed by atoms with Crippen LogP contribution < -0.4 is 5.32 Å². The monoisotopic (exact) mass is 269 g/mol. The van der Waals surface area contributed by atoms with Crippen molar-refractivity contribution in [3.8, 4) is 0 Å². The number of carbonyl (C=O) groups is 1. The second-order valence-electron chi connectivity index (χ2n) is 4.97. The van der Waals surface area contributed by atoms with E-state index in [1.165, 1.54) is 25.3 Å². The molecule has 0 unspecified atom stereocenters. The number of sulfone groups is 1. The first kappa shape index (κ1) is 12.9. The highest BCUT2D eigenvalue weighted by molar-refractivity contribution is 7.91. The van der Waals surface area contributed by atoms with Gasteiger partial charge in [-0.25, -0.2) is 13.2 Å². The minimum absolute atomic E-state index is 0.0323. The van der Waals surface area contributed by atoms with E-state index >= 15 is 0 Å². The average molecular weight is 269 g/mol. The molecule has 0 atom stereocenters. The maximum absolute atomic E-state index is 12.1. The van der Waals surface area contributed by atoms with Crippen molar-refractivity contribution in [2.75, 3.05) is 18.2 Å². The Morgan fingerprint density at radius 2 is 2.06 bits per heavy atom. The molecule has 5 nitrogen and oxygen atoms in total. The number of anilines is 1. The second-order valence-corrected chi connectivity index (χ2v) is 6.93. The number of carbonyl (C=O) groups excluding carboxylic acids is 1. The van der Waals surface area contributed by atoms with Gasteiger partial charge in [0.25, 0.3) is 0 Å². The number of fused-ring (bicyclic) bond motifs is 1. The molecule has 18 heavy (non-hydrogen) atoms. The fourth-order valence-electron chi connectivity index (χ4n) is 2.10. The van der Waals surface area contributed by atoms with E-state index in [1.54, 1.807) is 13.8 Å². The predicted molar refractivity (Wildman–Crippen MR) is 67.5 cm³/mol. The Kier molecular flexibility index (Phi) is 2.85. The van der Waals surface area contributed by atoms with Gasteiger partial charge in [0.1, 0.15) is 0 Å². The Morgan fingerprint density at radius 3 is 2.67 bits per heavy atom.